The molecule has 0 radical (unpaired) electrons. The van der Waals surface area contributed by atoms with Crippen LogP contribution in [0.3, 0.4) is 0 Å². The average Bonchev–Trinajstić information content (AvgIpc) is 2.38. The summed E-state index contributed by atoms with van der Waals surface area (Å²) in [5, 5.41) is 4.17. The van der Waals surface area contributed by atoms with E-state index in [2.05, 4.69) is 5.32 Å². The highest BCUT2D eigenvalue weighted by Gasteiger charge is 2.43. The molecule has 1 unspecified atom stereocenters. The quantitative estimate of drug-likeness (QED) is 0.798. The van der Waals surface area contributed by atoms with E-state index in [0.717, 1.165) is 53.6 Å². The maximum absolute atomic E-state index is 6.36. The lowest BCUT2D eigenvalue weighted by atomic mass is 9.76. The summed E-state index contributed by atoms with van der Waals surface area (Å²) in [7, 11) is 0. The van der Waals surface area contributed by atoms with Gasteiger partial charge >= 0.3 is 0 Å². The molecule has 1 atom stereocenters. The SMILES string of the molecule is CC(=S)C1CC2(CCNCC2)Oc2cccc(Cl)c21. The number of fused-ring (bicyclic) bond motifs is 1. The van der Waals surface area contributed by atoms with Gasteiger partial charge in [-0.2, -0.15) is 0 Å². The molecule has 102 valence electrons. The standard InChI is InChI=1S/C15H18ClNOS/c1-10(19)11-9-15(5-7-17-8-6-15)18-13-4-2-3-12(16)14(11)13/h2-4,11,17H,5-9H2,1H3. The van der Waals surface area contributed by atoms with Gasteiger partial charge in [0.2, 0.25) is 0 Å². The molecule has 2 aliphatic rings. The van der Waals surface area contributed by atoms with Gasteiger partial charge in [0.05, 0.1) is 0 Å². The number of hydrogen-bond donors (Lipinski definition) is 1. The van der Waals surface area contributed by atoms with Crippen LogP contribution in [0, 0.1) is 0 Å². The lowest BCUT2D eigenvalue weighted by Crippen LogP contribution is -2.49. The van der Waals surface area contributed by atoms with Crippen LogP contribution in [0.4, 0.5) is 0 Å². The Morgan fingerprint density at radius 3 is 2.84 bits per heavy atom. The Hall–Kier alpha value is -0.640. The van der Waals surface area contributed by atoms with Crippen LogP contribution >= 0.6 is 23.8 Å². The van der Waals surface area contributed by atoms with Crippen LogP contribution in [0.15, 0.2) is 18.2 Å². The van der Waals surface area contributed by atoms with E-state index in [9.17, 15) is 0 Å². The fraction of sp³-hybridized carbons (Fsp3) is 0.533. The first-order chi connectivity index (χ1) is 9.11. The zero-order valence-electron chi connectivity index (χ0n) is 11.0. The minimum atomic E-state index is -0.0618. The van der Waals surface area contributed by atoms with E-state index in [4.69, 9.17) is 28.6 Å². The Morgan fingerprint density at radius 1 is 1.42 bits per heavy atom. The first kappa shape index (κ1) is 13.3. The largest absolute Gasteiger partial charge is 0.487 e. The number of nitrogens with one attached hydrogen (secondary N) is 1. The maximum atomic E-state index is 6.36. The zero-order chi connectivity index (χ0) is 13.5. The molecule has 2 aliphatic heterocycles. The minimum Gasteiger partial charge on any atom is -0.487 e. The van der Waals surface area contributed by atoms with Gasteiger partial charge in [-0.15, -0.1) is 0 Å². The van der Waals surface area contributed by atoms with Crippen molar-refractivity contribution in [2.75, 3.05) is 13.1 Å². The first-order valence-corrected chi connectivity index (χ1v) is 7.58. The molecule has 0 aromatic heterocycles. The van der Waals surface area contributed by atoms with Gasteiger partial charge in [0.15, 0.2) is 0 Å². The topological polar surface area (TPSA) is 21.3 Å². The summed E-state index contributed by atoms with van der Waals surface area (Å²) >= 11 is 11.8. The van der Waals surface area contributed by atoms with Gasteiger partial charge in [0, 0.05) is 16.5 Å². The second-order valence-corrected chi connectivity index (χ2v) is 6.61. The number of piperidine rings is 1. The maximum Gasteiger partial charge on any atom is 0.125 e. The van der Waals surface area contributed by atoms with Gasteiger partial charge in [0.25, 0.3) is 0 Å². The minimum absolute atomic E-state index is 0.0618. The van der Waals surface area contributed by atoms with Gasteiger partial charge in [-0.25, -0.2) is 0 Å². The molecule has 2 heterocycles. The van der Waals surface area contributed by atoms with Crippen molar-refractivity contribution < 1.29 is 4.74 Å². The Labute approximate surface area is 124 Å². The number of ether oxygens (including phenoxy) is 1. The van der Waals surface area contributed by atoms with E-state index in [1.54, 1.807) is 0 Å². The summed E-state index contributed by atoms with van der Waals surface area (Å²) in [5.41, 5.74) is 1.02. The lowest BCUT2D eigenvalue weighted by Gasteiger charge is -2.45. The van der Waals surface area contributed by atoms with Crippen molar-refractivity contribution in [3.63, 3.8) is 0 Å². The van der Waals surface area contributed by atoms with E-state index in [0.29, 0.717) is 0 Å². The summed E-state index contributed by atoms with van der Waals surface area (Å²) in [6, 6.07) is 5.90. The predicted molar refractivity (Wildman–Crippen MR) is 82.5 cm³/mol. The smallest absolute Gasteiger partial charge is 0.125 e. The number of halogens is 1. The molecule has 3 rings (SSSR count). The number of rotatable bonds is 1. The Morgan fingerprint density at radius 2 is 2.16 bits per heavy atom. The van der Waals surface area contributed by atoms with Crippen LogP contribution < -0.4 is 10.1 Å². The number of benzene rings is 1. The Bertz CT molecular complexity index is 511. The van der Waals surface area contributed by atoms with Crippen molar-refractivity contribution in [3.05, 3.63) is 28.8 Å². The third-order valence-corrected chi connectivity index (χ3v) is 4.88. The molecule has 4 heteroatoms. The molecule has 0 amide bonds. The van der Waals surface area contributed by atoms with Crippen LogP contribution in [-0.4, -0.2) is 23.6 Å². The van der Waals surface area contributed by atoms with E-state index in [1.807, 2.05) is 25.1 Å². The molecule has 2 nitrogen and oxygen atoms in total. The van der Waals surface area contributed by atoms with Crippen molar-refractivity contribution >= 4 is 28.7 Å². The molecule has 0 bridgehead atoms. The van der Waals surface area contributed by atoms with Crippen molar-refractivity contribution in [2.45, 2.75) is 37.7 Å². The Kier molecular flexibility index (Phi) is 3.54. The summed E-state index contributed by atoms with van der Waals surface area (Å²) in [6.07, 6.45) is 3.04. The van der Waals surface area contributed by atoms with E-state index < -0.39 is 0 Å². The molecule has 19 heavy (non-hydrogen) atoms. The van der Waals surface area contributed by atoms with E-state index in [-0.39, 0.29) is 11.5 Å². The zero-order valence-corrected chi connectivity index (χ0v) is 12.6. The van der Waals surface area contributed by atoms with Crippen molar-refractivity contribution in [2.24, 2.45) is 0 Å². The van der Waals surface area contributed by atoms with Crippen LogP contribution in [-0.2, 0) is 0 Å². The first-order valence-electron chi connectivity index (χ1n) is 6.80. The molecule has 1 fully saturated rings. The predicted octanol–water partition coefficient (Wildman–Crippen LogP) is 3.72. The van der Waals surface area contributed by atoms with Gasteiger partial charge in [-0.3, -0.25) is 0 Å². The average molecular weight is 296 g/mol. The molecular weight excluding hydrogens is 278 g/mol. The number of thiocarbonyl (C=S) groups is 1. The Balaban J connectivity index is 2.04. The van der Waals surface area contributed by atoms with E-state index in [1.165, 1.54) is 0 Å². The normalized spacial score (nSPS) is 24.6. The highest BCUT2D eigenvalue weighted by molar-refractivity contribution is 7.80. The molecular formula is C15H18ClNOS. The van der Waals surface area contributed by atoms with Gasteiger partial charge in [-0.05, 0) is 56.3 Å². The summed E-state index contributed by atoms with van der Waals surface area (Å²) in [6.45, 7) is 4.05. The van der Waals surface area contributed by atoms with Gasteiger partial charge in [-0.1, -0.05) is 29.9 Å². The van der Waals surface area contributed by atoms with Crippen LogP contribution in [0.5, 0.6) is 5.75 Å². The van der Waals surface area contributed by atoms with Gasteiger partial charge < -0.3 is 10.1 Å². The molecule has 1 aromatic rings. The van der Waals surface area contributed by atoms with Crippen LogP contribution in [0.2, 0.25) is 5.02 Å². The molecule has 1 saturated heterocycles. The fourth-order valence-electron chi connectivity index (χ4n) is 3.23. The molecule has 1 spiro atoms. The summed E-state index contributed by atoms with van der Waals surface area (Å²) < 4.78 is 6.34. The highest BCUT2D eigenvalue weighted by Crippen LogP contribution is 2.47. The van der Waals surface area contributed by atoms with Crippen LogP contribution in [0.1, 0.15) is 37.7 Å². The molecule has 0 aliphatic carbocycles. The second-order valence-electron chi connectivity index (χ2n) is 5.55. The highest BCUT2D eigenvalue weighted by atomic mass is 35.5. The second kappa shape index (κ2) is 5.04. The fourth-order valence-corrected chi connectivity index (χ4v) is 3.73. The van der Waals surface area contributed by atoms with Crippen molar-refractivity contribution in [1.82, 2.24) is 5.32 Å². The monoisotopic (exact) mass is 295 g/mol. The lowest BCUT2D eigenvalue weighted by molar-refractivity contribution is 0.0141. The molecule has 1 N–H and O–H groups in total. The van der Waals surface area contributed by atoms with E-state index >= 15 is 0 Å². The van der Waals surface area contributed by atoms with Crippen molar-refractivity contribution in [3.8, 4) is 5.75 Å². The summed E-state index contributed by atoms with van der Waals surface area (Å²) in [4.78, 5) is 1.01. The summed E-state index contributed by atoms with van der Waals surface area (Å²) in [5.74, 6) is 1.17. The van der Waals surface area contributed by atoms with Crippen molar-refractivity contribution in [1.29, 1.82) is 0 Å². The third kappa shape index (κ3) is 2.39. The van der Waals surface area contributed by atoms with Crippen LogP contribution in [0.25, 0.3) is 0 Å². The molecule has 0 saturated carbocycles. The van der Waals surface area contributed by atoms with Gasteiger partial charge in [0.1, 0.15) is 11.4 Å². The third-order valence-electron chi connectivity index (χ3n) is 4.27. The molecule has 1 aromatic carbocycles. The number of hydrogen-bond acceptors (Lipinski definition) is 3.